The maximum atomic E-state index is 11.2. The minimum atomic E-state index is -0.575. The van der Waals surface area contributed by atoms with Gasteiger partial charge in [0, 0.05) is 19.8 Å². The van der Waals surface area contributed by atoms with Crippen LogP contribution < -0.4 is 16.9 Å². The van der Waals surface area contributed by atoms with Crippen LogP contribution in [0.25, 0.3) is 0 Å². The molecule has 1 amide bonds. The Hall–Kier alpha value is -1.46. The smallest absolute Gasteiger partial charge is 0.250 e. The monoisotopic (exact) mass is 228 g/mol. The van der Waals surface area contributed by atoms with Crippen LogP contribution in [0.2, 0.25) is 5.02 Å². The molecule has 1 aromatic carbocycles. The molecular formula is C9H13ClN4O. The first-order valence-electron chi connectivity index (χ1n) is 4.24. The highest BCUT2D eigenvalue weighted by atomic mass is 35.5. The zero-order chi connectivity index (χ0) is 11.6. The number of nitrogen functional groups attached to an aromatic ring is 1. The number of hydrogen-bond acceptors (Lipinski definition) is 4. The number of nitrogens with zero attached hydrogens (tertiary/aromatic N) is 1. The topological polar surface area (TPSA) is 84.4 Å². The summed E-state index contributed by atoms with van der Waals surface area (Å²) in [6.45, 7) is 0. The molecule has 0 atom stereocenters. The third-order valence-corrected chi connectivity index (χ3v) is 2.01. The third-order valence-electron chi connectivity index (χ3n) is 1.71. The van der Waals surface area contributed by atoms with Crippen LogP contribution >= 0.6 is 11.6 Å². The van der Waals surface area contributed by atoms with Crippen molar-refractivity contribution in [3.05, 3.63) is 22.7 Å². The van der Waals surface area contributed by atoms with E-state index < -0.39 is 5.91 Å². The highest BCUT2D eigenvalue weighted by molar-refractivity contribution is 6.34. The molecule has 0 radical (unpaired) electrons. The lowest BCUT2D eigenvalue weighted by Gasteiger charge is -2.17. The molecule has 15 heavy (non-hydrogen) atoms. The fraction of sp³-hybridized carbons (Fsp3) is 0.222. The second kappa shape index (κ2) is 4.37. The lowest BCUT2D eigenvalue weighted by atomic mass is 10.1. The Kier molecular flexibility index (Phi) is 3.39. The van der Waals surface area contributed by atoms with Crippen LogP contribution in [0.4, 0.5) is 11.4 Å². The predicted octanol–water partition coefficient (Wildman–Crippen LogP) is 0.910. The Morgan fingerprint density at radius 2 is 2.07 bits per heavy atom. The SMILES string of the molecule is CN(C)Nc1c(Cl)cc(N)cc1C(N)=O. The molecule has 0 aromatic heterocycles. The van der Waals surface area contributed by atoms with E-state index in [9.17, 15) is 4.79 Å². The minimum absolute atomic E-state index is 0.272. The van der Waals surface area contributed by atoms with Crippen molar-refractivity contribution < 1.29 is 4.79 Å². The molecule has 5 N–H and O–H groups in total. The molecule has 0 aliphatic rings. The van der Waals surface area contributed by atoms with E-state index in [1.165, 1.54) is 6.07 Å². The standard InChI is InChI=1S/C9H13ClN4O/c1-14(2)13-8-6(9(12)15)3-5(11)4-7(8)10/h3-4,13H,11H2,1-2H3,(H2,12,15). The summed E-state index contributed by atoms with van der Waals surface area (Å²) in [6, 6.07) is 3.04. The predicted molar refractivity (Wildman–Crippen MR) is 61.7 cm³/mol. The van der Waals surface area contributed by atoms with Gasteiger partial charge in [-0.05, 0) is 12.1 Å². The zero-order valence-electron chi connectivity index (χ0n) is 8.54. The number of carbonyl (C=O) groups excluding carboxylic acids is 1. The summed E-state index contributed by atoms with van der Waals surface area (Å²) in [7, 11) is 3.55. The van der Waals surface area contributed by atoms with Crippen LogP contribution in [-0.4, -0.2) is 25.0 Å². The summed E-state index contributed by atoms with van der Waals surface area (Å²) in [5.41, 5.74) is 14.8. The molecule has 0 bridgehead atoms. The molecule has 0 heterocycles. The lowest BCUT2D eigenvalue weighted by Crippen LogP contribution is -2.23. The van der Waals surface area contributed by atoms with Crippen molar-refractivity contribution >= 4 is 28.9 Å². The van der Waals surface area contributed by atoms with E-state index in [1.807, 2.05) is 0 Å². The number of benzene rings is 1. The summed E-state index contributed by atoms with van der Waals surface area (Å²) in [6.07, 6.45) is 0. The number of nitrogens with one attached hydrogen (secondary N) is 1. The molecule has 82 valence electrons. The first kappa shape index (κ1) is 11.6. The molecule has 0 saturated heterocycles. The number of carbonyl (C=O) groups is 1. The first-order chi connectivity index (χ1) is 6.91. The maximum Gasteiger partial charge on any atom is 0.250 e. The molecule has 0 aliphatic heterocycles. The number of hydrogen-bond donors (Lipinski definition) is 3. The molecule has 1 rings (SSSR count). The van der Waals surface area contributed by atoms with Gasteiger partial charge in [0.05, 0.1) is 16.3 Å². The highest BCUT2D eigenvalue weighted by Crippen LogP contribution is 2.28. The van der Waals surface area contributed by atoms with Crippen molar-refractivity contribution in [2.24, 2.45) is 5.73 Å². The van der Waals surface area contributed by atoms with Crippen molar-refractivity contribution in [2.75, 3.05) is 25.3 Å². The van der Waals surface area contributed by atoms with Gasteiger partial charge < -0.3 is 16.9 Å². The molecule has 0 fully saturated rings. The zero-order valence-corrected chi connectivity index (χ0v) is 9.30. The normalized spacial score (nSPS) is 10.4. The average molecular weight is 229 g/mol. The van der Waals surface area contributed by atoms with E-state index in [0.717, 1.165) is 0 Å². The number of anilines is 2. The summed E-state index contributed by atoms with van der Waals surface area (Å²) in [5.74, 6) is -0.575. The lowest BCUT2D eigenvalue weighted by molar-refractivity contribution is 0.100. The highest BCUT2D eigenvalue weighted by Gasteiger charge is 2.13. The summed E-state index contributed by atoms with van der Waals surface area (Å²) >= 11 is 5.95. The van der Waals surface area contributed by atoms with Crippen molar-refractivity contribution in [2.45, 2.75) is 0 Å². The first-order valence-corrected chi connectivity index (χ1v) is 4.62. The quantitative estimate of drug-likeness (QED) is 0.530. The molecule has 0 aliphatic carbocycles. The molecule has 0 saturated carbocycles. The number of hydrazine groups is 1. The van der Waals surface area contributed by atoms with E-state index in [2.05, 4.69) is 5.43 Å². The van der Waals surface area contributed by atoms with E-state index in [4.69, 9.17) is 23.1 Å². The number of amides is 1. The van der Waals surface area contributed by atoms with Crippen molar-refractivity contribution in [1.82, 2.24) is 5.01 Å². The van der Waals surface area contributed by atoms with Gasteiger partial charge in [0.1, 0.15) is 0 Å². The van der Waals surface area contributed by atoms with Crippen molar-refractivity contribution in [3.63, 3.8) is 0 Å². The van der Waals surface area contributed by atoms with E-state index in [0.29, 0.717) is 16.4 Å². The molecule has 0 unspecified atom stereocenters. The Labute approximate surface area is 93.0 Å². The Balaban J connectivity index is 3.27. The van der Waals surface area contributed by atoms with Crippen LogP contribution in [-0.2, 0) is 0 Å². The van der Waals surface area contributed by atoms with Crippen molar-refractivity contribution in [3.8, 4) is 0 Å². The maximum absolute atomic E-state index is 11.2. The fourth-order valence-electron chi connectivity index (χ4n) is 1.16. The van der Waals surface area contributed by atoms with E-state index in [-0.39, 0.29) is 5.56 Å². The minimum Gasteiger partial charge on any atom is -0.399 e. The average Bonchev–Trinajstić information content (AvgIpc) is 2.08. The van der Waals surface area contributed by atoms with Gasteiger partial charge in [-0.1, -0.05) is 11.6 Å². The largest absolute Gasteiger partial charge is 0.399 e. The number of nitrogens with two attached hydrogens (primary N) is 2. The van der Waals surface area contributed by atoms with E-state index in [1.54, 1.807) is 25.2 Å². The van der Waals surface area contributed by atoms with Gasteiger partial charge in [-0.15, -0.1) is 0 Å². The molecular weight excluding hydrogens is 216 g/mol. The third kappa shape index (κ3) is 2.74. The van der Waals surface area contributed by atoms with Gasteiger partial charge in [-0.25, -0.2) is 5.01 Å². The van der Waals surface area contributed by atoms with Gasteiger partial charge in [0.2, 0.25) is 0 Å². The van der Waals surface area contributed by atoms with Crippen LogP contribution in [0, 0.1) is 0 Å². The van der Waals surface area contributed by atoms with Crippen LogP contribution in [0.1, 0.15) is 10.4 Å². The Bertz CT molecular complexity index is 392. The van der Waals surface area contributed by atoms with Gasteiger partial charge in [-0.3, -0.25) is 4.79 Å². The Morgan fingerprint density at radius 3 is 2.53 bits per heavy atom. The fourth-order valence-corrected chi connectivity index (χ4v) is 1.43. The number of halogens is 1. The second-order valence-electron chi connectivity index (χ2n) is 3.30. The summed E-state index contributed by atoms with van der Waals surface area (Å²) < 4.78 is 0. The van der Waals surface area contributed by atoms with Gasteiger partial charge in [-0.2, -0.15) is 0 Å². The number of rotatable bonds is 3. The number of primary amides is 1. The summed E-state index contributed by atoms with van der Waals surface area (Å²) in [4.78, 5) is 11.2. The molecule has 6 heteroatoms. The Morgan fingerprint density at radius 1 is 1.47 bits per heavy atom. The molecule has 1 aromatic rings. The van der Waals surface area contributed by atoms with Gasteiger partial charge in [0.15, 0.2) is 0 Å². The van der Waals surface area contributed by atoms with Crippen LogP contribution in [0.5, 0.6) is 0 Å². The van der Waals surface area contributed by atoms with Gasteiger partial charge in [0.25, 0.3) is 5.91 Å². The van der Waals surface area contributed by atoms with Gasteiger partial charge >= 0.3 is 0 Å². The molecule has 5 nitrogen and oxygen atoms in total. The van der Waals surface area contributed by atoms with Crippen LogP contribution in [0.3, 0.4) is 0 Å². The molecule has 0 spiro atoms. The van der Waals surface area contributed by atoms with Crippen LogP contribution in [0.15, 0.2) is 12.1 Å². The van der Waals surface area contributed by atoms with E-state index >= 15 is 0 Å². The summed E-state index contributed by atoms with van der Waals surface area (Å²) in [5, 5.41) is 2.02. The second-order valence-corrected chi connectivity index (χ2v) is 3.70. The van der Waals surface area contributed by atoms with Crippen molar-refractivity contribution in [1.29, 1.82) is 0 Å².